The van der Waals surface area contributed by atoms with Gasteiger partial charge in [0.25, 0.3) is 5.56 Å². The van der Waals surface area contributed by atoms with E-state index in [1.165, 1.54) is 0 Å². The number of aryl methyl sites for hydroxylation is 1. The Labute approximate surface area is 180 Å². The largest absolute Gasteiger partial charge is 0.492 e. The number of hydrogen-bond acceptors (Lipinski definition) is 5. The summed E-state index contributed by atoms with van der Waals surface area (Å²) in [5.41, 5.74) is 2.16. The predicted molar refractivity (Wildman–Crippen MR) is 122 cm³/mol. The summed E-state index contributed by atoms with van der Waals surface area (Å²) in [6.45, 7) is 3.74. The van der Waals surface area contributed by atoms with Crippen molar-refractivity contribution in [2.24, 2.45) is 7.05 Å². The molecule has 1 saturated heterocycles. The second-order valence-electron chi connectivity index (χ2n) is 7.58. The van der Waals surface area contributed by atoms with E-state index in [9.17, 15) is 9.59 Å². The molecule has 1 fully saturated rings. The van der Waals surface area contributed by atoms with Crippen LogP contribution in [0.4, 0.5) is 16.3 Å². The highest BCUT2D eigenvalue weighted by Crippen LogP contribution is 2.24. The van der Waals surface area contributed by atoms with Gasteiger partial charge in [0, 0.05) is 26.2 Å². The molecule has 0 atom stereocenters. The van der Waals surface area contributed by atoms with Gasteiger partial charge in [-0.2, -0.15) is 0 Å². The van der Waals surface area contributed by atoms with Gasteiger partial charge in [0.2, 0.25) is 0 Å². The van der Waals surface area contributed by atoms with Crippen LogP contribution in [0, 0.1) is 0 Å². The smallest absolute Gasteiger partial charge is 0.319 e. The van der Waals surface area contributed by atoms with Crippen LogP contribution in [0.25, 0.3) is 11.0 Å². The lowest BCUT2D eigenvalue weighted by Crippen LogP contribution is -2.47. The van der Waals surface area contributed by atoms with Gasteiger partial charge in [-0.25, -0.2) is 9.78 Å². The van der Waals surface area contributed by atoms with Crippen LogP contribution in [0.1, 0.15) is 19.8 Å². The molecule has 2 N–H and O–H groups in total. The summed E-state index contributed by atoms with van der Waals surface area (Å²) in [7, 11) is 1.77. The lowest BCUT2D eigenvalue weighted by atomic mass is 10.1. The molecule has 1 aliphatic heterocycles. The molecule has 2 heterocycles. The second kappa shape index (κ2) is 9.07. The van der Waals surface area contributed by atoms with E-state index in [-0.39, 0.29) is 17.6 Å². The number of para-hydroxylation sites is 4. The van der Waals surface area contributed by atoms with Crippen molar-refractivity contribution in [1.82, 2.24) is 14.9 Å². The lowest BCUT2D eigenvalue weighted by molar-refractivity contribution is 0.245. The van der Waals surface area contributed by atoms with Crippen molar-refractivity contribution in [1.29, 1.82) is 0 Å². The standard InChI is InChI=1S/C23H27N5O3/c1-3-31-20-11-7-5-9-18(20)26-23(30)24-16-12-14-28(15-13-16)21-22(29)27(2)19-10-6-4-8-17(19)25-21/h4-11,16H,3,12-15H2,1-2H3,(H2,24,26,30). The van der Waals surface area contributed by atoms with Gasteiger partial charge in [-0.1, -0.05) is 24.3 Å². The van der Waals surface area contributed by atoms with E-state index in [2.05, 4.69) is 15.6 Å². The van der Waals surface area contributed by atoms with E-state index >= 15 is 0 Å². The van der Waals surface area contributed by atoms with Crippen LogP contribution in [0.5, 0.6) is 5.75 Å². The topological polar surface area (TPSA) is 88.5 Å². The third-order valence-corrected chi connectivity index (χ3v) is 5.53. The average molecular weight is 422 g/mol. The highest BCUT2D eigenvalue weighted by Gasteiger charge is 2.24. The second-order valence-corrected chi connectivity index (χ2v) is 7.58. The van der Waals surface area contributed by atoms with Crippen molar-refractivity contribution < 1.29 is 9.53 Å². The van der Waals surface area contributed by atoms with Crippen molar-refractivity contribution in [3.8, 4) is 5.75 Å². The Bertz CT molecular complexity index is 1140. The fraction of sp³-hybridized carbons (Fsp3) is 0.348. The number of amides is 2. The average Bonchev–Trinajstić information content (AvgIpc) is 2.78. The minimum absolute atomic E-state index is 0.0276. The van der Waals surface area contributed by atoms with Gasteiger partial charge in [0.1, 0.15) is 5.75 Å². The number of carbonyl (C=O) groups excluding carboxylic acids is 1. The van der Waals surface area contributed by atoms with Gasteiger partial charge in [-0.3, -0.25) is 4.79 Å². The number of carbonyl (C=O) groups is 1. The SMILES string of the molecule is CCOc1ccccc1NC(=O)NC1CCN(c2nc3ccccc3n(C)c2=O)CC1. The maximum atomic E-state index is 12.8. The fourth-order valence-electron chi connectivity index (χ4n) is 3.90. The zero-order chi connectivity index (χ0) is 21.8. The third-order valence-electron chi connectivity index (χ3n) is 5.53. The van der Waals surface area contributed by atoms with Crippen molar-refractivity contribution >= 4 is 28.6 Å². The van der Waals surface area contributed by atoms with Gasteiger partial charge < -0.3 is 24.8 Å². The van der Waals surface area contributed by atoms with Crippen LogP contribution < -0.4 is 25.8 Å². The number of aromatic nitrogens is 2. The van der Waals surface area contributed by atoms with Gasteiger partial charge in [-0.15, -0.1) is 0 Å². The molecule has 2 aromatic carbocycles. The Morgan fingerprint density at radius 1 is 1.13 bits per heavy atom. The van der Waals surface area contributed by atoms with E-state index in [0.717, 1.165) is 23.9 Å². The van der Waals surface area contributed by atoms with E-state index in [1.807, 2.05) is 60.4 Å². The van der Waals surface area contributed by atoms with Crippen molar-refractivity contribution in [2.45, 2.75) is 25.8 Å². The number of urea groups is 1. The molecular formula is C23H27N5O3. The number of hydrogen-bond donors (Lipinski definition) is 2. The molecule has 8 heteroatoms. The number of anilines is 2. The minimum atomic E-state index is -0.259. The zero-order valence-electron chi connectivity index (χ0n) is 17.8. The molecule has 1 aromatic heterocycles. The number of nitrogens with one attached hydrogen (secondary N) is 2. The third kappa shape index (κ3) is 4.47. The molecule has 0 unspecified atom stereocenters. The van der Waals surface area contributed by atoms with Gasteiger partial charge in [0.05, 0.1) is 23.3 Å². The van der Waals surface area contributed by atoms with E-state index in [0.29, 0.717) is 37.0 Å². The fourth-order valence-corrected chi connectivity index (χ4v) is 3.90. The highest BCUT2D eigenvalue weighted by atomic mass is 16.5. The normalized spacial score (nSPS) is 14.5. The molecule has 8 nitrogen and oxygen atoms in total. The summed E-state index contributed by atoms with van der Waals surface area (Å²) in [6.07, 6.45) is 1.47. The van der Waals surface area contributed by atoms with Crippen LogP contribution in [-0.2, 0) is 7.05 Å². The molecule has 0 saturated carbocycles. The minimum Gasteiger partial charge on any atom is -0.492 e. The van der Waals surface area contributed by atoms with E-state index < -0.39 is 0 Å². The summed E-state index contributed by atoms with van der Waals surface area (Å²) < 4.78 is 7.20. The first kappa shape index (κ1) is 20.7. The molecule has 2 amide bonds. The molecule has 3 aromatic rings. The predicted octanol–water partition coefficient (Wildman–Crippen LogP) is 3.12. The molecule has 1 aliphatic rings. The number of ether oxygens (including phenoxy) is 1. The van der Waals surface area contributed by atoms with E-state index in [1.54, 1.807) is 11.6 Å². The summed E-state index contributed by atoms with van der Waals surface area (Å²) in [6, 6.07) is 14.8. The Kier molecular flexibility index (Phi) is 6.06. The van der Waals surface area contributed by atoms with Crippen LogP contribution in [0.15, 0.2) is 53.3 Å². The molecular weight excluding hydrogens is 394 g/mol. The summed E-state index contributed by atoms with van der Waals surface area (Å²) >= 11 is 0. The monoisotopic (exact) mass is 421 g/mol. The van der Waals surface area contributed by atoms with Gasteiger partial charge in [-0.05, 0) is 44.0 Å². The molecule has 31 heavy (non-hydrogen) atoms. The molecule has 4 rings (SSSR count). The highest BCUT2D eigenvalue weighted by molar-refractivity contribution is 5.91. The molecule has 0 bridgehead atoms. The maximum Gasteiger partial charge on any atom is 0.319 e. The van der Waals surface area contributed by atoms with Crippen molar-refractivity contribution in [3.05, 3.63) is 58.9 Å². The van der Waals surface area contributed by atoms with Crippen LogP contribution in [-0.4, -0.2) is 41.3 Å². The Morgan fingerprint density at radius 2 is 1.84 bits per heavy atom. The number of benzene rings is 2. The number of rotatable bonds is 5. The molecule has 0 radical (unpaired) electrons. The maximum absolute atomic E-state index is 12.8. The first-order valence-electron chi connectivity index (χ1n) is 10.6. The lowest BCUT2D eigenvalue weighted by Gasteiger charge is -2.33. The zero-order valence-corrected chi connectivity index (χ0v) is 17.8. The summed E-state index contributed by atoms with van der Waals surface area (Å²) in [5.74, 6) is 1.11. The Balaban J connectivity index is 1.38. The van der Waals surface area contributed by atoms with Gasteiger partial charge >= 0.3 is 6.03 Å². The number of nitrogens with zero attached hydrogens (tertiary/aromatic N) is 3. The molecule has 0 aliphatic carbocycles. The van der Waals surface area contributed by atoms with E-state index in [4.69, 9.17) is 4.74 Å². The summed E-state index contributed by atoms with van der Waals surface area (Å²) in [4.78, 5) is 31.9. The number of fused-ring (bicyclic) bond motifs is 1. The Morgan fingerprint density at radius 3 is 2.61 bits per heavy atom. The molecule has 0 spiro atoms. The Hall–Kier alpha value is -3.55. The summed E-state index contributed by atoms with van der Waals surface area (Å²) in [5, 5.41) is 5.90. The first-order chi connectivity index (χ1) is 15.1. The van der Waals surface area contributed by atoms with Crippen LogP contribution in [0.3, 0.4) is 0 Å². The first-order valence-corrected chi connectivity index (χ1v) is 10.6. The molecule has 162 valence electrons. The van der Waals surface area contributed by atoms with Crippen LogP contribution >= 0.6 is 0 Å². The van der Waals surface area contributed by atoms with Crippen molar-refractivity contribution in [3.63, 3.8) is 0 Å². The number of piperidine rings is 1. The van der Waals surface area contributed by atoms with Gasteiger partial charge in [0.15, 0.2) is 5.82 Å². The quantitative estimate of drug-likeness (QED) is 0.661. The van der Waals surface area contributed by atoms with Crippen molar-refractivity contribution in [2.75, 3.05) is 29.9 Å². The van der Waals surface area contributed by atoms with Crippen LogP contribution in [0.2, 0.25) is 0 Å².